The van der Waals surface area contributed by atoms with Crippen molar-refractivity contribution in [1.82, 2.24) is 0 Å². The lowest BCUT2D eigenvalue weighted by atomic mass is 9.96. The molecule has 2 aromatic carbocycles. The first-order chi connectivity index (χ1) is 12.1. The first-order valence-corrected chi connectivity index (χ1v) is 8.95. The Bertz CT molecular complexity index is 715. The Balaban J connectivity index is 1.64. The minimum absolute atomic E-state index is 0.0842. The summed E-state index contributed by atoms with van der Waals surface area (Å²) in [6.07, 6.45) is 2.54. The Morgan fingerprint density at radius 1 is 1.12 bits per heavy atom. The number of carbonyl (C=O) groups is 1. The van der Waals surface area contributed by atoms with E-state index in [1.54, 1.807) is 0 Å². The van der Waals surface area contributed by atoms with Crippen molar-refractivity contribution in [2.24, 2.45) is 5.92 Å². The zero-order valence-corrected chi connectivity index (χ0v) is 14.9. The third-order valence-corrected chi connectivity index (χ3v) is 4.79. The van der Waals surface area contributed by atoms with E-state index < -0.39 is 0 Å². The van der Waals surface area contributed by atoms with E-state index in [4.69, 9.17) is 4.74 Å². The third-order valence-electron chi connectivity index (χ3n) is 4.79. The van der Waals surface area contributed by atoms with E-state index in [2.05, 4.69) is 23.6 Å². The van der Waals surface area contributed by atoms with Gasteiger partial charge in [0.25, 0.3) is 5.91 Å². The molecule has 132 valence electrons. The fraction of sp³-hybridized carbons (Fsp3) is 0.381. The Kier molecular flexibility index (Phi) is 5.71. The van der Waals surface area contributed by atoms with Gasteiger partial charge in [0, 0.05) is 30.1 Å². The van der Waals surface area contributed by atoms with Crippen LogP contribution in [0.4, 0.5) is 11.4 Å². The molecule has 25 heavy (non-hydrogen) atoms. The lowest BCUT2D eigenvalue weighted by Gasteiger charge is -2.28. The summed E-state index contributed by atoms with van der Waals surface area (Å²) in [6.45, 7) is 5.96. The van der Waals surface area contributed by atoms with Crippen molar-refractivity contribution < 1.29 is 9.53 Å². The summed E-state index contributed by atoms with van der Waals surface area (Å²) in [6, 6.07) is 15.3. The van der Waals surface area contributed by atoms with E-state index in [0.29, 0.717) is 17.6 Å². The quantitative estimate of drug-likeness (QED) is 0.845. The van der Waals surface area contributed by atoms with E-state index in [0.717, 1.165) is 42.9 Å². The van der Waals surface area contributed by atoms with Gasteiger partial charge < -0.3 is 15.4 Å². The van der Waals surface area contributed by atoms with Crippen LogP contribution in [0.1, 0.15) is 35.7 Å². The lowest BCUT2D eigenvalue weighted by Crippen LogP contribution is -2.27. The number of hydrogen-bond donors (Lipinski definition) is 2. The largest absolute Gasteiger partial charge is 0.384 e. The van der Waals surface area contributed by atoms with Gasteiger partial charge in [-0.1, -0.05) is 24.3 Å². The Morgan fingerprint density at radius 3 is 2.64 bits per heavy atom. The molecule has 4 nitrogen and oxygen atoms in total. The van der Waals surface area contributed by atoms with Crippen molar-refractivity contribution in [3.05, 3.63) is 59.7 Å². The molecule has 0 saturated carbocycles. The van der Waals surface area contributed by atoms with Gasteiger partial charge in [0.05, 0.1) is 6.10 Å². The molecule has 2 aromatic rings. The van der Waals surface area contributed by atoms with Gasteiger partial charge in [0.2, 0.25) is 0 Å². The normalized spacial score (nSPS) is 20.1. The summed E-state index contributed by atoms with van der Waals surface area (Å²) in [5.41, 5.74) is 3.65. The maximum absolute atomic E-state index is 12.4. The van der Waals surface area contributed by atoms with E-state index in [1.807, 2.05) is 49.4 Å². The summed E-state index contributed by atoms with van der Waals surface area (Å²) >= 11 is 0. The predicted octanol–water partition coefficient (Wildman–Crippen LogP) is 4.47. The van der Waals surface area contributed by atoms with Crippen LogP contribution in [0.25, 0.3) is 0 Å². The molecular formula is C21H26N2O2. The maximum Gasteiger partial charge on any atom is 0.255 e. The van der Waals surface area contributed by atoms with Gasteiger partial charge in [0.15, 0.2) is 0 Å². The second-order valence-corrected chi connectivity index (χ2v) is 6.75. The van der Waals surface area contributed by atoms with Crippen LogP contribution in [0.2, 0.25) is 0 Å². The molecular weight excluding hydrogens is 312 g/mol. The number of benzene rings is 2. The highest BCUT2D eigenvalue weighted by Gasteiger charge is 2.19. The fourth-order valence-electron chi connectivity index (χ4n) is 3.28. The summed E-state index contributed by atoms with van der Waals surface area (Å²) in [7, 11) is 0. The lowest BCUT2D eigenvalue weighted by molar-refractivity contribution is 0.00558. The molecule has 3 rings (SSSR count). The number of amides is 1. The molecule has 0 aromatic heterocycles. The molecule has 0 radical (unpaired) electrons. The minimum atomic E-state index is -0.0842. The molecule has 0 aliphatic carbocycles. The van der Waals surface area contributed by atoms with E-state index in [-0.39, 0.29) is 5.91 Å². The molecule has 1 fully saturated rings. The standard InChI is InChI=1S/C21H26N2O2/c1-15-13-17(11-12-25-15)14-22-19-9-6-10-20(16(19)2)23-21(24)18-7-4-3-5-8-18/h3-10,15,17,22H,11-14H2,1-2H3,(H,23,24)/t15-,17+/m0/s1. The average molecular weight is 338 g/mol. The molecule has 1 aliphatic rings. The zero-order valence-electron chi connectivity index (χ0n) is 14.9. The smallest absolute Gasteiger partial charge is 0.255 e. The Morgan fingerprint density at radius 2 is 1.88 bits per heavy atom. The Hall–Kier alpha value is -2.33. The molecule has 2 N–H and O–H groups in total. The third kappa shape index (κ3) is 4.60. The number of carbonyl (C=O) groups excluding carboxylic acids is 1. The molecule has 1 amide bonds. The highest BCUT2D eigenvalue weighted by atomic mass is 16.5. The molecule has 0 unspecified atom stereocenters. The van der Waals surface area contributed by atoms with Crippen molar-refractivity contribution in [3.63, 3.8) is 0 Å². The van der Waals surface area contributed by atoms with E-state index >= 15 is 0 Å². The average Bonchev–Trinajstić information content (AvgIpc) is 2.63. The van der Waals surface area contributed by atoms with Crippen LogP contribution in [0, 0.1) is 12.8 Å². The van der Waals surface area contributed by atoms with Crippen molar-refractivity contribution >= 4 is 17.3 Å². The van der Waals surface area contributed by atoms with E-state index in [9.17, 15) is 4.79 Å². The van der Waals surface area contributed by atoms with Gasteiger partial charge >= 0.3 is 0 Å². The highest BCUT2D eigenvalue weighted by molar-refractivity contribution is 6.04. The molecule has 1 saturated heterocycles. The summed E-state index contributed by atoms with van der Waals surface area (Å²) in [5, 5.41) is 6.56. The van der Waals surface area contributed by atoms with Crippen molar-refractivity contribution in [2.75, 3.05) is 23.8 Å². The van der Waals surface area contributed by atoms with Crippen molar-refractivity contribution in [3.8, 4) is 0 Å². The van der Waals surface area contributed by atoms with Gasteiger partial charge in [-0.2, -0.15) is 0 Å². The van der Waals surface area contributed by atoms with Crippen molar-refractivity contribution in [1.29, 1.82) is 0 Å². The van der Waals surface area contributed by atoms with Gasteiger partial charge in [0.1, 0.15) is 0 Å². The van der Waals surface area contributed by atoms with Crippen LogP contribution >= 0.6 is 0 Å². The number of anilines is 2. The molecule has 0 bridgehead atoms. The number of rotatable bonds is 5. The number of nitrogens with one attached hydrogen (secondary N) is 2. The van der Waals surface area contributed by atoms with E-state index in [1.165, 1.54) is 0 Å². The summed E-state index contributed by atoms with van der Waals surface area (Å²) < 4.78 is 5.61. The summed E-state index contributed by atoms with van der Waals surface area (Å²) in [5.74, 6) is 0.546. The van der Waals surface area contributed by atoms with Crippen LogP contribution < -0.4 is 10.6 Å². The van der Waals surface area contributed by atoms with Crippen LogP contribution in [-0.4, -0.2) is 25.2 Å². The Labute approximate surface area is 149 Å². The van der Waals surface area contributed by atoms with Gasteiger partial charge in [-0.3, -0.25) is 4.79 Å². The molecule has 1 heterocycles. The van der Waals surface area contributed by atoms with Crippen LogP contribution in [-0.2, 0) is 4.74 Å². The number of hydrogen-bond acceptors (Lipinski definition) is 3. The maximum atomic E-state index is 12.4. The molecule has 0 spiro atoms. The number of ether oxygens (including phenoxy) is 1. The monoisotopic (exact) mass is 338 g/mol. The summed E-state index contributed by atoms with van der Waals surface area (Å²) in [4.78, 5) is 12.4. The second kappa shape index (κ2) is 8.17. The van der Waals surface area contributed by atoms with Gasteiger partial charge in [-0.15, -0.1) is 0 Å². The fourth-order valence-corrected chi connectivity index (χ4v) is 3.28. The zero-order chi connectivity index (χ0) is 17.6. The van der Waals surface area contributed by atoms with Gasteiger partial charge in [-0.05, 0) is 62.4 Å². The first kappa shape index (κ1) is 17.5. The molecule has 2 atom stereocenters. The topological polar surface area (TPSA) is 50.4 Å². The highest BCUT2D eigenvalue weighted by Crippen LogP contribution is 2.26. The van der Waals surface area contributed by atoms with Crippen molar-refractivity contribution in [2.45, 2.75) is 32.8 Å². The van der Waals surface area contributed by atoms with Crippen LogP contribution in [0.15, 0.2) is 48.5 Å². The SMILES string of the molecule is Cc1c(NC[C@@H]2CCO[C@@H](C)C2)cccc1NC(=O)c1ccccc1. The second-order valence-electron chi connectivity index (χ2n) is 6.75. The molecule has 4 heteroatoms. The van der Waals surface area contributed by atoms with Crippen LogP contribution in [0.3, 0.4) is 0 Å². The predicted molar refractivity (Wildman–Crippen MR) is 102 cm³/mol. The minimum Gasteiger partial charge on any atom is -0.384 e. The molecule has 1 aliphatic heterocycles. The van der Waals surface area contributed by atoms with Gasteiger partial charge in [-0.25, -0.2) is 0 Å². The van der Waals surface area contributed by atoms with Crippen LogP contribution in [0.5, 0.6) is 0 Å². The first-order valence-electron chi connectivity index (χ1n) is 8.95.